The van der Waals surface area contributed by atoms with Crippen LogP contribution in [0.15, 0.2) is 34.2 Å². The van der Waals surface area contributed by atoms with E-state index < -0.39 is 10.0 Å². The van der Waals surface area contributed by atoms with Crippen LogP contribution in [0.3, 0.4) is 0 Å². The maximum absolute atomic E-state index is 12.3. The summed E-state index contributed by atoms with van der Waals surface area (Å²) in [6, 6.07) is 7.60. The lowest BCUT2D eigenvalue weighted by molar-refractivity contribution is 0.582. The molecule has 2 rings (SSSR count). The molecule has 0 unspecified atom stereocenters. The van der Waals surface area contributed by atoms with Gasteiger partial charge in [0.25, 0.3) is 0 Å². The molecule has 1 aromatic heterocycles. The fourth-order valence-corrected chi connectivity index (χ4v) is 4.89. The van der Waals surface area contributed by atoms with Crippen molar-refractivity contribution in [2.24, 2.45) is 10.7 Å². The zero-order valence-corrected chi connectivity index (χ0v) is 19.3. The number of rotatable bonds is 6. The molecule has 0 amide bonds. The van der Waals surface area contributed by atoms with Gasteiger partial charge in [0.2, 0.25) is 10.0 Å². The molecule has 0 saturated carbocycles. The number of nitrogens with zero attached hydrogens (tertiary/aromatic N) is 1. The second-order valence-electron chi connectivity index (χ2n) is 5.87. The molecule has 0 saturated heterocycles. The average Bonchev–Trinajstić information content (AvgIpc) is 2.87. The van der Waals surface area contributed by atoms with Crippen LogP contribution < -0.4 is 15.8 Å². The molecule has 9 heteroatoms. The van der Waals surface area contributed by atoms with E-state index in [4.69, 9.17) is 5.73 Å². The smallest absolute Gasteiger partial charge is 0.241 e. The maximum atomic E-state index is 12.3. The molecule has 2 aromatic rings. The van der Waals surface area contributed by atoms with Crippen LogP contribution in [0.5, 0.6) is 0 Å². The summed E-state index contributed by atoms with van der Waals surface area (Å²) in [7, 11) is -3.51. The van der Waals surface area contributed by atoms with Crippen LogP contribution in [0, 0.1) is 27.7 Å². The summed E-state index contributed by atoms with van der Waals surface area (Å²) in [6.45, 7) is 8.20. The van der Waals surface area contributed by atoms with Crippen molar-refractivity contribution in [3.63, 3.8) is 0 Å². The molecule has 1 aromatic carbocycles. The van der Waals surface area contributed by atoms with Crippen molar-refractivity contribution in [2.45, 2.75) is 32.6 Å². The molecule has 144 valence electrons. The van der Waals surface area contributed by atoms with Crippen LogP contribution in [-0.2, 0) is 10.0 Å². The standard InChI is InChI=1S/C17H24N4O2S2.HI/c1-11-5-6-15(9-12(11)2)21-17(18)19-7-8-20-25(22,23)16-10-13(3)24-14(16)4;/h5-6,9-10,20H,7-8H2,1-4H3,(H3,18,19,21);1H. The van der Waals surface area contributed by atoms with Crippen molar-refractivity contribution in [3.05, 3.63) is 45.1 Å². The molecule has 0 fully saturated rings. The summed E-state index contributed by atoms with van der Waals surface area (Å²) in [5.41, 5.74) is 9.06. The molecule has 0 aliphatic rings. The number of aliphatic imine (C=N–C) groups is 1. The van der Waals surface area contributed by atoms with Gasteiger partial charge < -0.3 is 11.1 Å². The maximum Gasteiger partial charge on any atom is 0.241 e. The van der Waals surface area contributed by atoms with E-state index in [2.05, 4.69) is 15.0 Å². The Morgan fingerprint density at radius 3 is 2.42 bits per heavy atom. The molecule has 6 nitrogen and oxygen atoms in total. The Balaban J connectivity index is 0.00000338. The van der Waals surface area contributed by atoms with E-state index >= 15 is 0 Å². The largest absolute Gasteiger partial charge is 0.370 e. The second kappa shape index (κ2) is 9.67. The normalized spacial score (nSPS) is 11.9. The fraction of sp³-hybridized carbons (Fsp3) is 0.353. The van der Waals surface area contributed by atoms with Crippen LogP contribution >= 0.6 is 35.3 Å². The molecule has 0 spiro atoms. The van der Waals surface area contributed by atoms with Crippen molar-refractivity contribution in [2.75, 3.05) is 18.4 Å². The third-order valence-corrected chi connectivity index (χ3v) is 6.43. The number of thiophene rings is 1. The number of benzene rings is 1. The summed E-state index contributed by atoms with van der Waals surface area (Å²) < 4.78 is 27.1. The van der Waals surface area contributed by atoms with Crippen LogP contribution in [0.25, 0.3) is 0 Å². The molecule has 4 N–H and O–H groups in total. The number of halogens is 1. The number of aryl methyl sites for hydroxylation is 4. The first-order valence-electron chi connectivity index (χ1n) is 7.90. The van der Waals surface area contributed by atoms with Gasteiger partial charge in [-0.3, -0.25) is 4.99 Å². The van der Waals surface area contributed by atoms with E-state index in [9.17, 15) is 8.42 Å². The average molecular weight is 508 g/mol. The molecule has 1 heterocycles. The van der Waals surface area contributed by atoms with Gasteiger partial charge in [-0.1, -0.05) is 6.07 Å². The zero-order chi connectivity index (χ0) is 18.6. The van der Waals surface area contributed by atoms with Gasteiger partial charge in [0.1, 0.15) is 0 Å². The van der Waals surface area contributed by atoms with Gasteiger partial charge in [0.05, 0.1) is 11.4 Å². The van der Waals surface area contributed by atoms with Crippen LogP contribution in [0.1, 0.15) is 20.9 Å². The predicted octanol–water partition coefficient (Wildman–Crippen LogP) is 3.30. The van der Waals surface area contributed by atoms with E-state index in [-0.39, 0.29) is 43.0 Å². The van der Waals surface area contributed by atoms with E-state index in [0.717, 1.165) is 21.0 Å². The minimum absolute atomic E-state index is 0. The van der Waals surface area contributed by atoms with Gasteiger partial charge in [0, 0.05) is 22.0 Å². The van der Waals surface area contributed by atoms with Gasteiger partial charge in [-0.25, -0.2) is 13.1 Å². The molecule has 26 heavy (non-hydrogen) atoms. The Labute approximate surface area is 176 Å². The summed E-state index contributed by atoms with van der Waals surface area (Å²) in [6.07, 6.45) is 0. The third kappa shape index (κ3) is 6.22. The van der Waals surface area contributed by atoms with E-state index in [1.807, 2.05) is 39.0 Å². The van der Waals surface area contributed by atoms with Gasteiger partial charge in [0.15, 0.2) is 5.96 Å². The number of nitrogens with one attached hydrogen (secondary N) is 2. The number of hydrogen-bond donors (Lipinski definition) is 3. The molecule has 0 aliphatic carbocycles. The fourth-order valence-electron chi connectivity index (χ4n) is 2.31. The highest BCUT2D eigenvalue weighted by atomic mass is 127. The summed E-state index contributed by atoms with van der Waals surface area (Å²) >= 11 is 1.47. The monoisotopic (exact) mass is 508 g/mol. The first kappa shape index (κ1) is 22.9. The van der Waals surface area contributed by atoms with Crippen molar-refractivity contribution in [1.82, 2.24) is 4.72 Å². The zero-order valence-electron chi connectivity index (χ0n) is 15.3. The quantitative estimate of drug-likeness (QED) is 0.242. The number of nitrogens with two attached hydrogens (primary N) is 1. The van der Waals surface area contributed by atoms with Crippen LogP contribution in [0.2, 0.25) is 0 Å². The van der Waals surface area contributed by atoms with Crippen molar-refractivity contribution in [1.29, 1.82) is 0 Å². The second-order valence-corrected chi connectivity index (χ2v) is 9.06. The number of hydrogen-bond acceptors (Lipinski definition) is 4. The van der Waals surface area contributed by atoms with Gasteiger partial charge in [-0.15, -0.1) is 35.3 Å². The Kier molecular flexibility index (Phi) is 8.51. The minimum atomic E-state index is -3.51. The predicted molar refractivity (Wildman–Crippen MR) is 120 cm³/mol. The SMILES string of the molecule is Cc1cc(S(=O)(=O)NCCN=C(N)Nc2ccc(C)c(C)c2)c(C)s1.I. The van der Waals surface area contributed by atoms with E-state index in [1.54, 1.807) is 13.0 Å². The van der Waals surface area contributed by atoms with Gasteiger partial charge >= 0.3 is 0 Å². The Morgan fingerprint density at radius 1 is 1.15 bits per heavy atom. The highest BCUT2D eigenvalue weighted by Gasteiger charge is 2.18. The topological polar surface area (TPSA) is 96.6 Å². The van der Waals surface area contributed by atoms with Crippen LogP contribution in [0.4, 0.5) is 5.69 Å². The number of sulfonamides is 1. The molecule has 0 bridgehead atoms. The van der Waals surface area contributed by atoms with Crippen molar-refractivity contribution >= 4 is 57.0 Å². The highest BCUT2D eigenvalue weighted by Crippen LogP contribution is 2.24. The first-order valence-corrected chi connectivity index (χ1v) is 10.2. The molecule has 0 aliphatic heterocycles. The number of guanidine groups is 1. The molecule has 0 radical (unpaired) electrons. The van der Waals surface area contributed by atoms with E-state index in [1.165, 1.54) is 16.9 Å². The molecule has 0 atom stereocenters. The number of anilines is 1. The lowest BCUT2D eigenvalue weighted by Crippen LogP contribution is -2.28. The lowest BCUT2D eigenvalue weighted by Gasteiger charge is -2.08. The summed E-state index contributed by atoms with van der Waals surface area (Å²) in [5.74, 6) is 0.255. The van der Waals surface area contributed by atoms with Gasteiger partial charge in [-0.05, 0) is 57.0 Å². The Hall–Kier alpha value is -1.17. The first-order chi connectivity index (χ1) is 11.7. The Bertz CT molecular complexity index is 892. The Morgan fingerprint density at radius 2 is 1.85 bits per heavy atom. The van der Waals surface area contributed by atoms with E-state index in [0.29, 0.717) is 4.90 Å². The summed E-state index contributed by atoms with van der Waals surface area (Å²) in [5, 5.41) is 3.00. The van der Waals surface area contributed by atoms with Gasteiger partial charge in [-0.2, -0.15) is 0 Å². The molecular formula is C17H25IN4O2S2. The highest BCUT2D eigenvalue weighted by molar-refractivity contribution is 14.0. The minimum Gasteiger partial charge on any atom is -0.370 e. The van der Waals surface area contributed by atoms with Crippen LogP contribution in [-0.4, -0.2) is 27.5 Å². The lowest BCUT2D eigenvalue weighted by atomic mass is 10.1. The summed E-state index contributed by atoms with van der Waals surface area (Å²) in [4.78, 5) is 6.24. The molecular weight excluding hydrogens is 483 g/mol. The van der Waals surface area contributed by atoms with Crippen molar-refractivity contribution in [3.8, 4) is 0 Å². The van der Waals surface area contributed by atoms with Crippen molar-refractivity contribution < 1.29 is 8.42 Å². The third-order valence-electron chi connectivity index (χ3n) is 3.75.